The molecule has 2 rings (SSSR count). The maximum Gasteiger partial charge on any atom is 0.417 e. The fourth-order valence-electron chi connectivity index (χ4n) is 2.03. The van der Waals surface area contributed by atoms with Crippen molar-refractivity contribution >= 4 is 21.7 Å². The topological polar surface area (TPSA) is 65.3 Å². The molecule has 0 N–H and O–H groups in total. The summed E-state index contributed by atoms with van der Waals surface area (Å²) >= 11 is 3.11. The Bertz CT molecular complexity index is 751. The van der Waals surface area contributed by atoms with Gasteiger partial charge in [-0.25, -0.2) is 0 Å². The zero-order valence-corrected chi connectivity index (χ0v) is 13.3. The quantitative estimate of drug-likeness (QED) is 0.435. The van der Waals surface area contributed by atoms with Gasteiger partial charge in [0.2, 0.25) is 0 Å². The number of pyridine rings is 1. The summed E-state index contributed by atoms with van der Waals surface area (Å²) in [5.41, 5.74) is -1.19. The molecule has 1 heterocycles. The zero-order chi connectivity index (χ0) is 17.2. The smallest absolute Gasteiger partial charge is 0.417 e. The molecule has 23 heavy (non-hydrogen) atoms. The molecular formula is C14H10BrF3N2O3. The van der Waals surface area contributed by atoms with E-state index in [9.17, 15) is 23.3 Å². The Morgan fingerprint density at radius 1 is 1.26 bits per heavy atom. The van der Waals surface area contributed by atoms with Gasteiger partial charge >= 0.3 is 12.0 Å². The highest BCUT2D eigenvalue weighted by atomic mass is 79.9. The molecule has 2 aromatic rings. The Hall–Kier alpha value is -2.16. The first-order valence-corrected chi connectivity index (χ1v) is 7.36. The van der Waals surface area contributed by atoms with E-state index in [0.717, 1.165) is 12.1 Å². The van der Waals surface area contributed by atoms with Gasteiger partial charge in [0.25, 0.3) is 0 Å². The number of benzene rings is 1. The summed E-state index contributed by atoms with van der Waals surface area (Å²) in [5.74, 6) is -0.619. The Labute approximate surface area is 137 Å². The number of ether oxygens (including phenoxy) is 1. The average Bonchev–Trinajstić information content (AvgIpc) is 2.52. The predicted molar refractivity (Wildman–Crippen MR) is 80.5 cm³/mol. The molecule has 0 unspecified atom stereocenters. The van der Waals surface area contributed by atoms with Gasteiger partial charge in [0.1, 0.15) is 5.75 Å². The molecule has 0 atom stereocenters. The molecule has 0 bridgehead atoms. The molecule has 0 aliphatic rings. The van der Waals surface area contributed by atoms with Gasteiger partial charge in [-0.2, -0.15) is 13.2 Å². The predicted octanol–water partition coefficient (Wildman–Crippen LogP) is 4.58. The summed E-state index contributed by atoms with van der Waals surface area (Å²) in [6.07, 6.45) is -4.69. The van der Waals surface area contributed by atoms with Gasteiger partial charge in [-0.15, -0.1) is 0 Å². The van der Waals surface area contributed by atoms with Crippen molar-refractivity contribution in [3.63, 3.8) is 0 Å². The molecule has 1 aromatic heterocycles. The van der Waals surface area contributed by atoms with Crippen molar-refractivity contribution in [1.29, 1.82) is 0 Å². The molecule has 0 spiro atoms. The van der Waals surface area contributed by atoms with Crippen LogP contribution in [0.3, 0.4) is 0 Å². The lowest BCUT2D eigenvalue weighted by Gasteiger charge is -2.14. The van der Waals surface area contributed by atoms with E-state index in [1.54, 1.807) is 0 Å². The number of hydrogen-bond acceptors (Lipinski definition) is 4. The van der Waals surface area contributed by atoms with E-state index in [4.69, 9.17) is 4.74 Å². The summed E-state index contributed by atoms with van der Waals surface area (Å²) in [7, 11) is 1.24. The number of halogens is 4. The van der Waals surface area contributed by atoms with Crippen LogP contribution in [-0.4, -0.2) is 17.0 Å². The van der Waals surface area contributed by atoms with Crippen molar-refractivity contribution in [2.45, 2.75) is 11.5 Å². The minimum atomic E-state index is -4.69. The summed E-state index contributed by atoms with van der Waals surface area (Å²) in [5, 5.41) is 11.4. The van der Waals surface area contributed by atoms with Gasteiger partial charge in [-0.3, -0.25) is 0 Å². The molecule has 0 radical (unpaired) electrons. The van der Waals surface area contributed by atoms with Gasteiger partial charge in [0, 0.05) is 5.56 Å². The van der Waals surface area contributed by atoms with Crippen molar-refractivity contribution in [1.82, 2.24) is 4.98 Å². The summed E-state index contributed by atoms with van der Waals surface area (Å²) in [4.78, 5) is 14.2. The number of nitro groups is 1. The van der Waals surface area contributed by atoms with Crippen LogP contribution in [0.2, 0.25) is 0 Å². The fourth-order valence-corrected chi connectivity index (χ4v) is 2.34. The molecule has 0 aliphatic heterocycles. The minimum absolute atomic E-state index is 0.00812. The lowest BCUT2D eigenvalue weighted by atomic mass is 9.99. The Morgan fingerprint density at radius 2 is 1.91 bits per heavy atom. The second kappa shape index (κ2) is 6.53. The van der Waals surface area contributed by atoms with Crippen LogP contribution in [-0.2, 0) is 11.5 Å². The molecule has 5 nitrogen and oxygen atoms in total. The number of alkyl halides is 4. The monoisotopic (exact) mass is 390 g/mol. The average molecular weight is 391 g/mol. The third-order valence-electron chi connectivity index (χ3n) is 3.06. The van der Waals surface area contributed by atoms with Crippen LogP contribution >= 0.6 is 15.9 Å². The van der Waals surface area contributed by atoms with Crippen molar-refractivity contribution in [3.05, 3.63) is 51.7 Å². The standard InChI is InChI=1S/C14H10BrF3N2O3/c1-23-9-3-5-10(12(6-9)14(16,17)18)11-4-2-8(7-15)19-13(11)20(21)22/h2-6H,7H2,1H3. The van der Waals surface area contributed by atoms with Crippen molar-refractivity contribution in [2.24, 2.45) is 0 Å². The number of aromatic nitrogens is 1. The number of nitrogens with zero attached hydrogens (tertiary/aromatic N) is 2. The highest BCUT2D eigenvalue weighted by Gasteiger charge is 2.36. The highest BCUT2D eigenvalue weighted by molar-refractivity contribution is 9.08. The zero-order valence-electron chi connectivity index (χ0n) is 11.7. The first-order valence-electron chi connectivity index (χ1n) is 6.23. The van der Waals surface area contributed by atoms with Crippen molar-refractivity contribution in [3.8, 4) is 16.9 Å². The Morgan fingerprint density at radius 3 is 2.43 bits per heavy atom. The molecule has 9 heteroatoms. The lowest BCUT2D eigenvalue weighted by molar-refractivity contribution is -0.388. The van der Waals surface area contributed by atoms with E-state index < -0.39 is 22.5 Å². The van der Waals surface area contributed by atoms with Crippen molar-refractivity contribution in [2.75, 3.05) is 7.11 Å². The Kier molecular flexibility index (Phi) is 4.88. The van der Waals surface area contributed by atoms with Crippen LogP contribution in [0.5, 0.6) is 5.75 Å². The number of methoxy groups -OCH3 is 1. The minimum Gasteiger partial charge on any atom is -0.497 e. The summed E-state index contributed by atoms with van der Waals surface area (Å²) in [6.45, 7) is 0. The first kappa shape index (κ1) is 17.2. The van der Waals surface area contributed by atoms with Crippen LogP contribution in [0, 0.1) is 10.1 Å². The van der Waals surface area contributed by atoms with Crippen LogP contribution in [0.25, 0.3) is 11.1 Å². The number of hydrogen-bond donors (Lipinski definition) is 0. The summed E-state index contributed by atoms with van der Waals surface area (Å²) in [6, 6.07) is 5.95. The van der Waals surface area contributed by atoms with E-state index >= 15 is 0 Å². The maximum absolute atomic E-state index is 13.3. The van der Waals surface area contributed by atoms with E-state index in [1.807, 2.05) is 0 Å². The van der Waals surface area contributed by atoms with E-state index in [-0.39, 0.29) is 22.2 Å². The highest BCUT2D eigenvalue weighted by Crippen LogP contribution is 2.41. The van der Waals surface area contributed by atoms with Gasteiger partial charge < -0.3 is 14.9 Å². The van der Waals surface area contributed by atoms with Gasteiger partial charge in [0.15, 0.2) is 5.69 Å². The summed E-state index contributed by atoms with van der Waals surface area (Å²) < 4.78 is 44.6. The van der Waals surface area contributed by atoms with Gasteiger partial charge in [-0.05, 0) is 40.2 Å². The second-order valence-electron chi connectivity index (χ2n) is 4.47. The normalized spacial score (nSPS) is 11.3. The largest absolute Gasteiger partial charge is 0.497 e. The molecule has 0 saturated heterocycles. The van der Waals surface area contributed by atoms with Crippen molar-refractivity contribution < 1.29 is 22.8 Å². The molecule has 0 saturated carbocycles. The maximum atomic E-state index is 13.3. The first-order chi connectivity index (χ1) is 10.8. The lowest BCUT2D eigenvalue weighted by Crippen LogP contribution is -2.09. The van der Waals surface area contributed by atoms with Crippen LogP contribution in [0.4, 0.5) is 19.0 Å². The second-order valence-corrected chi connectivity index (χ2v) is 5.03. The Balaban J connectivity index is 2.74. The molecule has 0 aliphatic carbocycles. The third kappa shape index (κ3) is 3.61. The van der Waals surface area contributed by atoms with E-state index in [2.05, 4.69) is 20.9 Å². The number of rotatable bonds is 4. The SMILES string of the molecule is COc1ccc(-c2ccc(CBr)nc2[N+](=O)[O-])c(C(F)(F)F)c1. The van der Waals surface area contributed by atoms with Crippen LogP contribution < -0.4 is 4.74 Å². The fraction of sp³-hybridized carbons (Fsp3) is 0.214. The van der Waals surface area contributed by atoms with Crippen LogP contribution in [0.1, 0.15) is 11.3 Å². The molecule has 0 fully saturated rings. The van der Waals surface area contributed by atoms with E-state index in [0.29, 0.717) is 5.69 Å². The van der Waals surface area contributed by atoms with Gasteiger partial charge in [-0.1, -0.05) is 15.9 Å². The van der Waals surface area contributed by atoms with Crippen LogP contribution in [0.15, 0.2) is 30.3 Å². The van der Waals surface area contributed by atoms with E-state index in [1.165, 1.54) is 25.3 Å². The molecular weight excluding hydrogens is 381 g/mol. The van der Waals surface area contributed by atoms with Gasteiger partial charge in [0.05, 0.1) is 23.6 Å². The third-order valence-corrected chi connectivity index (χ3v) is 3.64. The molecule has 0 amide bonds. The molecule has 1 aromatic carbocycles. The molecule has 122 valence electrons.